The number of sulfonamides is 1. The molecule has 0 unspecified atom stereocenters. The molecule has 2 aromatic rings. The number of nitrogens with zero attached hydrogens (tertiary/aromatic N) is 1. The van der Waals surface area contributed by atoms with E-state index in [2.05, 4.69) is 5.32 Å². The van der Waals surface area contributed by atoms with Gasteiger partial charge < -0.3 is 5.32 Å². The molecule has 0 aliphatic heterocycles. The second-order valence-corrected chi connectivity index (χ2v) is 8.28. The average Bonchev–Trinajstić information content (AvgIpc) is 2.54. The van der Waals surface area contributed by atoms with Gasteiger partial charge in [-0.1, -0.05) is 36.2 Å². The molecule has 2 rings (SSSR count). The Morgan fingerprint density at radius 3 is 2.46 bits per heavy atom. The maximum absolute atomic E-state index is 13.3. The predicted molar refractivity (Wildman–Crippen MR) is 103 cm³/mol. The summed E-state index contributed by atoms with van der Waals surface area (Å²) in [5.74, 6) is -1.19. The smallest absolute Gasteiger partial charge is 0.248 e. The van der Waals surface area contributed by atoms with Crippen molar-refractivity contribution in [3.05, 3.63) is 58.3 Å². The third kappa shape index (κ3) is 4.87. The molecule has 0 bridgehead atoms. The first-order chi connectivity index (χ1) is 12.1. The summed E-state index contributed by atoms with van der Waals surface area (Å²) in [5.41, 5.74) is 0.540. The monoisotopic (exact) mass is 418 g/mol. The Labute approximate surface area is 161 Å². The van der Waals surface area contributed by atoms with Gasteiger partial charge in [-0.15, -0.1) is 0 Å². The first-order valence-electron chi connectivity index (χ1n) is 7.64. The van der Waals surface area contributed by atoms with Crippen LogP contribution in [0.2, 0.25) is 10.0 Å². The first-order valence-corrected chi connectivity index (χ1v) is 10.2. The molecular formula is C17H17Cl2FN2O3S. The van der Waals surface area contributed by atoms with Crippen molar-refractivity contribution in [1.29, 1.82) is 0 Å². The topological polar surface area (TPSA) is 66.5 Å². The summed E-state index contributed by atoms with van der Waals surface area (Å²) in [5, 5.41) is 2.77. The van der Waals surface area contributed by atoms with Gasteiger partial charge in [0.1, 0.15) is 11.9 Å². The highest BCUT2D eigenvalue weighted by molar-refractivity contribution is 7.92. The van der Waals surface area contributed by atoms with Crippen LogP contribution < -0.4 is 9.62 Å². The first kappa shape index (κ1) is 20.5. The lowest BCUT2D eigenvalue weighted by Gasteiger charge is -2.30. The Bertz CT molecular complexity index is 922. The lowest BCUT2D eigenvalue weighted by molar-refractivity contribution is -0.117. The molecule has 0 spiro atoms. The standard InChI is InChI=1S/C17H17Cl2FN2O3S/c1-3-16(17(23)21-12-7-8-15(20)14(19)10-12)22(26(2,24)25)13-6-4-5-11(18)9-13/h4-10,16H,3H2,1-2H3,(H,21,23)/t16-/m1/s1. The zero-order valence-electron chi connectivity index (χ0n) is 14.0. The molecule has 0 aliphatic rings. The number of carbonyl (C=O) groups excluding carboxylic acids is 1. The highest BCUT2D eigenvalue weighted by Crippen LogP contribution is 2.26. The Morgan fingerprint density at radius 1 is 1.23 bits per heavy atom. The summed E-state index contributed by atoms with van der Waals surface area (Å²) in [6.45, 7) is 1.69. The summed E-state index contributed by atoms with van der Waals surface area (Å²) in [6, 6.07) is 8.91. The molecule has 5 nitrogen and oxygen atoms in total. The number of carbonyl (C=O) groups is 1. The molecule has 0 fully saturated rings. The molecule has 0 radical (unpaired) electrons. The van der Waals surface area contributed by atoms with Gasteiger partial charge in [0, 0.05) is 10.7 Å². The highest BCUT2D eigenvalue weighted by atomic mass is 35.5. The van der Waals surface area contributed by atoms with Crippen LogP contribution in [0.4, 0.5) is 15.8 Å². The number of benzene rings is 2. The molecule has 2 aromatic carbocycles. The van der Waals surface area contributed by atoms with Crippen molar-refractivity contribution in [3.63, 3.8) is 0 Å². The van der Waals surface area contributed by atoms with Gasteiger partial charge in [-0.2, -0.15) is 0 Å². The van der Waals surface area contributed by atoms with E-state index in [0.717, 1.165) is 16.6 Å². The van der Waals surface area contributed by atoms with Crippen molar-refractivity contribution in [2.24, 2.45) is 0 Å². The molecule has 0 saturated carbocycles. The van der Waals surface area contributed by atoms with Gasteiger partial charge in [0.05, 0.1) is 17.0 Å². The van der Waals surface area contributed by atoms with Crippen LogP contribution in [0, 0.1) is 5.82 Å². The van der Waals surface area contributed by atoms with Gasteiger partial charge in [-0.3, -0.25) is 9.10 Å². The quantitative estimate of drug-likeness (QED) is 0.759. The van der Waals surface area contributed by atoms with E-state index in [4.69, 9.17) is 23.2 Å². The summed E-state index contributed by atoms with van der Waals surface area (Å²) in [7, 11) is -3.77. The number of halogens is 3. The fraction of sp³-hybridized carbons (Fsp3) is 0.235. The second-order valence-electron chi connectivity index (χ2n) is 5.58. The van der Waals surface area contributed by atoms with Crippen molar-refractivity contribution in [1.82, 2.24) is 0 Å². The van der Waals surface area contributed by atoms with Gasteiger partial charge >= 0.3 is 0 Å². The van der Waals surface area contributed by atoms with Crippen LogP contribution in [0.15, 0.2) is 42.5 Å². The Hall–Kier alpha value is -1.83. The van der Waals surface area contributed by atoms with Crippen LogP contribution in [0.25, 0.3) is 0 Å². The van der Waals surface area contributed by atoms with Crippen LogP contribution in [-0.4, -0.2) is 26.6 Å². The van der Waals surface area contributed by atoms with Gasteiger partial charge in [-0.25, -0.2) is 12.8 Å². The number of nitrogens with one attached hydrogen (secondary N) is 1. The summed E-state index contributed by atoms with van der Waals surface area (Å²) < 4.78 is 38.9. The van der Waals surface area contributed by atoms with E-state index in [-0.39, 0.29) is 22.8 Å². The van der Waals surface area contributed by atoms with E-state index in [9.17, 15) is 17.6 Å². The van der Waals surface area contributed by atoms with Crippen molar-refractivity contribution in [2.45, 2.75) is 19.4 Å². The SMILES string of the molecule is CC[C@H](C(=O)Nc1ccc(F)c(Cl)c1)N(c1cccc(Cl)c1)S(C)(=O)=O. The molecule has 0 saturated heterocycles. The molecule has 0 aromatic heterocycles. The van der Waals surface area contributed by atoms with Crippen LogP contribution in [-0.2, 0) is 14.8 Å². The molecule has 0 heterocycles. The lowest BCUT2D eigenvalue weighted by Crippen LogP contribution is -2.47. The minimum absolute atomic E-state index is 0.148. The van der Waals surface area contributed by atoms with Gasteiger partial charge in [-0.05, 0) is 42.8 Å². The second kappa shape index (κ2) is 8.24. The fourth-order valence-electron chi connectivity index (χ4n) is 2.47. The molecule has 1 N–H and O–H groups in total. The zero-order chi connectivity index (χ0) is 19.5. The van der Waals surface area contributed by atoms with E-state index in [0.29, 0.717) is 5.02 Å². The van der Waals surface area contributed by atoms with E-state index < -0.39 is 27.8 Å². The molecule has 0 aliphatic carbocycles. The largest absolute Gasteiger partial charge is 0.324 e. The minimum atomic E-state index is -3.77. The van der Waals surface area contributed by atoms with Crippen LogP contribution in [0.5, 0.6) is 0 Å². The van der Waals surface area contributed by atoms with Crippen molar-refractivity contribution < 1.29 is 17.6 Å². The van der Waals surface area contributed by atoms with Gasteiger partial charge in [0.15, 0.2) is 0 Å². The molecule has 1 amide bonds. The Morgan fingerprint density at radius 2 is 1.92 bits per heavy atom. The third-order valence-electron chi connectivity index (χ3n) is 3.58. The number of rotatable bonds is 6. The van der Waals surface area contributed by atoms with E-state index in [1.807, 2.05) is 0 Å². The number of hydrogen-bond acceptors (Lipinski definition) is 3. The van der Waals surface area contributed by atoms with Crippen LogP contribution in [0.1, 0.15) is 13.3 Å². The van der Waals surface area contributed by atoms with Crippen molar-refractivity contribution in [2.75, 3.05) is 15.9 Å². The summed E-state index contributed by atoms with van der Waals surface area (Å²) in [6.07, 6.45) is 1.22. The third-order valence-corrected chi connectivity index (χ3v) is 5.28. The van der Waals surface area contributed by atoms with Crippen molar-refractivity contribution >= 4 is 50.5 Å². The highest BCUT2D eigenvalue weighted by Gasteiger charge is 2.31. The fourth-order valence-corrected chi connectivity index (χ4v) is 4.04. The number of anilines is 2. The normalized spacial score (nSPS) is 12.5. The molecule has 9 heteroatoms. The van der Waals surface area contributed by atoms with Crippen LogP contribution in [0.3, 0.4) is 0 Å². The molecule has 1 atom stereocenters. The molecule has 26 heavy (non-hydrogen) atoms. The Balaban J connectivity index is 2.38. The molecular weight excluding hydrogens is 402 g/mol. The van der Waals surface area contributed by atoms with Gasteiger partial charge in [0.2, 0.25) is 15.9 Å². The average molecular weight is 419 g/mol. The summed E-state index contributed by atoms with van der Waals surface area (Å²) >= 11 is 11.7. The maximum atomic E-state index is 13.3. The van der Waals surface area contributed by atoms with E-state index in [1.165, 1.54) is 18.2 Å². The maximum Gasteiger partial charge on any atom is 0.248 e. The number of amides is 1. The molecule has 140 valence electrons. The van der Waals surface area contributed by atoms with Crippen molar-refractivity contribution in [3.8, 4) is 0 Å². The predicted octanol–water partition coefficient (Wildman–Crippen LogP) is 4.32. The minimum Gasteiger partial charge on any atom is -0.324 e. The van der Waals surface area contributed by atoms with Crippen LogP contribution >= 0.6 is 23.2 Å². The lowest BCUT2D eigenvalue weighted by atomic mass is 10.2. The summed E-state index contributed by atoms with van der Waals surface area (Å²) in [4.78, 5) is 12.7. The number of hydrogen-bond donors (Lipinski definition) is 1. The van der Waals surface area contributed by atoms with E-state index >= 15 is 0 Å². The van der Waals surface area contributed by atoms with Gasteiger partial charge in [0.25, 0.3) is 0 Å². The zero-order valence-corrected chi connectivity index (χ0v) is 16.4. The van der Waals surface area contributed by atoms with E-state index in [1.54, 1.807) is 25.1 Å². The Kier molecular flexibility index (Phi) is 6.49.